The maximum absolute atomic E-state index is 10.8. The first kappa shape index (κ1) is 15.2. The summed E-state index contributed by atoms with van der Waals surface area (Å²) >= 11 is 0. The Morgan fingerprint density at radius 3 is 2.39 bits per heavy atom. The van der Waals surface area contributed by atoms with E-state index in [2.05, 4.69) is 26.0 Å². The number of hydrogen-bond acceptors (Lipinski definition) is 2. The second-order valence-electron chi connectivity index (χ2n) is 5.81. The SMILES string of the molecule is COCC(O)(c1cccc(CC(C)C)c1)C(C)C. The summed E-state index contributed by atoms with van der Waals surface area (Å²) in [6, 6.07) is 8.25. The fraction of sp³-hybridized carbons (Fsp3) is 0.625. The van der Waals surface area contributed by atoms with E-state index in [-0.39, 0.29) is 5.92 Å². The number of ether oxygens (including phenoxy) is 1. The third-order valence-corrected chi connectivity index (χ3v) is 3.39. The van der Waals surface area contributed by atoms with Crippen molar-refractivity contribution in [2.75, 3.05) is 13.7 Å². The molecule has 0 bridgehead atoms. The molecule has 0 aliphatic heterocycles. The van der Waals surface area contributed by atoms with Gasteiger partial charge in [-0.15, -0.1) is 0 Å². The summed E-state index contributed by atoms with van der Waals surface area (Å²) in [5, 5.41) is 10.8. The average Bonchev–Trinajstić information content (AvgIpc) is 2.28. The van der Waals surface area contributed by atoms with Crippen LogP contribution in [0.4, 0.5) is 0 Å². The van der Waals surface area contributed by atoms with Crippen LogP contribution in [-0.4, -0.2) is 18.8 Å². The molecule has 1 unspecified atom stereocenters. The smallest absolute Gasteiger partial charge is 0.115 e. The molecule has 0 saturated carbocycles. The molecule has 0 aliphatic rings. The zero-order chi connectivity index (χ0) is 13.8. The van der Waals surface area contributed by atoms with Crippen LogP contribution in [0.2, 0.25) is 0 Å². The molecule has 1 atom stereocenters. The lowest BCUT2D eigenvalue weighted by Crippen LogP contribution is -2.37. The zero-order valence-corrected chi connectivity index (χ0v) is 12.2. The van der Waals surface area contributed by atoms with Gasteiger partial charge < -0.3 is 9.84 Å². The van der Waals surface area contributed by atoms with Crippen molar-refractivity contribution in [3.05, 3.63) is 35.4 Å². The molecule has 1 rings (SSSR count). The zero-order valence-electron chi connectivity index (χ0n) is 12.2. The van der Waals surface area contributed by atoms with Crippen LogP contribution in [0.25, 0.3) is 0 Å². The Hall–Kier alpha value is -0.860. The fourth-order valence-corrected chi connectivity index (χ4v) is 2.24. The third-order valence-electron chi connectivity index (χ3n) is 3.39. The summed E-state index contributed by atoms with van der Waals surface area (Å²) < 4.78 is 5.19. The number of benzene rings is 1. The van der Waals surface area contributed by atoms with Gasteiger partial charge in [-0.3, -0.25) is 0 Å². The van der Waals surface area contributed by atoms with Gasteiger partial charge in [-0.1, -0.05) is 52.0 Å². The van der Waals surface area contributed by atoms with E-state index < -0.39 is 5.60 Å². The summed E-state index contributed by atoms with van der Waals surface area (Å²) in [5.41, 5.74) is 1.33. The van der Waals surface area contributed by atoms with Crippen LogP contribution in [0.5, 0.6) is 0 Å². The van der Waals surface area contributed by atoms with Gasteiger partial charge >= 0.3 is 0 Å². The van der Waals surface area contributed by atoms with Crippen LogP contribution in [-0.2, 0) is 16.8 Å². The molecule has 102 valence electrons. The van der Waals surface area contributed by atoms with E-state index >= 15 is 0 Å². The summed E-state index contributed by atoms with van der Waals surface area (Å²) in [6.07, 6.45) is 1.04. The van der Waals surface area contributed by atoms with Crippen molar-refractivity contribution >= 4 is 0 Å². The second-order valence-corrected chi connectivity index (χ2v) is 5.81. The lowest BCUT2D eigenvalue weighted by molar-refractivity contribution is -0.0700. The molecule has 0 aliphatic carbocycles. The molecule has 2 nitrogen and oxygen atoms in total. The second kappa shape index (κ2) is 6.35. The third kappa shape index (κ3) is 3.56. The van der Waals surface area contributed by atoms with Crippen LogP contribution in [0.3, 0.4) is 0 Å². The minimum absolute atomic E-state index is 0.117. The topological polar surface area (TPSA) is 29.5 Å². The van der Waals surface area contributed by atoms with E-state index in [9.17, 15) is 5.11 Å². The molecule has 18 heavy (non-hydrogen) atoms. The highest BCUT2D eigenvalue weighted by atomic mass is 16.5. The number of hydrogen-bond donors (Lipinski definition) is 1. The molecule has 0 fully saturated rings. The van der Waals surface area contributed by atoms with Crippen LogP contribution >= 0.6 is 0 Å². The Kier molecular flexibility index (Phi) is 5.36. The number of aliphatic hydroxyl groups is 1. The van der Waals surface area contributed by atoms with Gasteiger partial charge in [0, 0.05) is 7.11 Å². The summed E-state index contributed by atoms with van der Waals surface area (Å²) in [6.45, 7) is 8.78. The highest BCUT2D eigenvalue weighted by Gasteiger charge is 2.33. The van der Waals surface area contributed by atoms with E-state index in [0.717, 1.165) is 12.0 Å². The Balaban J connectivity index is 3.05. The molecule has 0 amide bonds. The van der Waals surface area contributed by atoms with Crippen LogP contribution in [0.1, 0.15) is 38.8 Å². The highest BCUT2D eigenvalue weighted by Crippen LogP contribution is 2.30. The Morgan fingerprint density at radius 2 is 1.89 bits per heavy atom. The van der Waals surface area contributed by atoms with E-state index in [0.29, 0.717) is 12.5 Å². The predicted molar refractivity (Wildman–Crippen MR) is 75.6 cm³/mol. The van der Waals surface area contributed by atoms with Crippen molar-refractivity contribution in [2.24, 2.45) is 11.8 Å². The quantitative estimate of drug-likeness (QED) is 0.838. The molecule has 1 aromatic rings. The van der Waals surface area contributed by atoms with Crippen molar-refractivity contribution < 1.29 is 9.84 Å². The predicted octanol–water partition coefficient (Wildman–Crippen LogP) is 3.38. The monoisotopic (exact) mass is 250 g/mol. The minimum Gasteiger partial charge on any atom is -0.382 e. The van der Waals surface area contributed by atoms with Crippen LogP contribution in [0.15, 0.2) is 24.3 Å². The molecule has 1 N–H and O–H groups in total. The van der Waals surface area contributed by atoms with Gasteiger partial charge in [-0.05, 0) is 29.4 Å². The highest BCUT2D eigenvalue weighted by molar-refractivity contribution is 5.29. The standard InChI is InChI=1S/C16H26O2/c1-12(2)9-14-7-6-8-15(10-14)16(17,11-18-5)13(3)4/h6-8,10,12-13,17H,9,11H2,1-5H3. The Labute approximate surface area is 111 Å². The van der Waals surface area contributed by atoms with Gasteiger partial charge in [-0.2, -0.15) is 0 Å². The van der Waals surface area contributed by atoms with Crippen molar-refractivity contribution in [1.82, 2.24) is 0 Å². The van der Waals surface area contributed by atoms with Gasteiger partial charge in [0.25, 0.3) is 0 Å². The van der Waals surface area contributed by atoms with Crippen molar-refractivity contribution in [3.8, 4) is 0 Å². The normalized spacial score (nSPS) is 15.1. The largest absolute Gasteiger partial charge is 0.382 e. The van der Waals surface area contributed by atoms with Gasteiger partial charge in [0.2, 0.25) is 0 Å². The summed E-state index contributed by atoms with van der Waals surface area (Å²) in [5.74, 6) is 0.738. The molecule has 0 radical (unpaired) electrons. The lowest BCUT2D eigenvalue weighted by atomic mass is 9.83. The molecule has 1 aromatic carbocycles. The Bertz CT molecular complexity index is 371. The van der Waals surface area contributed by atoms with E-state index in [1.807, 2.05) is 26.0 Å². The Morgan fingerprint density at radius 1 is 1.22 bits per heavy atom. The number of methoxy groups -OCH3 is 1. The maximum Gasteiger partial charge on any atom is 0.115 e. The first-order valence-corrected chi connectivity index (χ1v) is 6.71. The number of rotatable bonds is 6. The van der Waals surface area contributed by atoms with Crippen molar-refractivity contribution in [3.63, 3.8) is 0 Å². The van der Waals surface area contributed by atoms with Gasteiger partial charge in [0.1, 0.15) is 5.60 Å². The van der Waals surface area contributed by atoms with Crippen LogP contribution in [0, 0.1) is 11.8 Å². The molecule has 0 heterocycles. The average molecular weight is 250 g/mol. The molecular formula is C16H26O2. The van der Waals surface area contributed by atoms with E-state index in [1.165, 1.54) is 5.56 Å². The maximum atomic E-state index is 10.8. The van der Waals surface area contributed by atoms with E-state index in [4.69, 9.17) is 4.74 Å². The fourth-order valence-electron chi connectivity index (χ4n) is 2.24. The van der Waals surface area contributed by atoms with Crippen molar-refractivity contribution in [1.29, 1.82) is 0 Å². The van der Waals surface area contributed by atoms with E-state index in [1.54, 1.807) is 7.11 Å². The minimum atomic E-state index is -0.901. The first-order valence-electron chi connectivity index (χ1n) is 6.71. The van der Waals surface area contributed by atoms with Gasteiger partial charge in [-0.25, -0.2) is 0 Å². The molecular weight excluding hydrogens is 224 g/mol. The summed E-state index contributed by atoms with van der Waals surface area (Å²) in [7, 11) is 1.63. The first-order chi connectivity index (χ1) is 8.40. The lowest BCUT2D eigenvalue weighted by Gasteiger charge is -2.32. The molecule has 0 aromatic heterocycles. The van der Waals surface area contributed by atoms with Crippen LogP contribution < -0.4 is 0 Å². The molecule has 0 spiro atoms. The van der Waals surface area contributed by atoms with Gasteiger partial charge in [0.05, 0.1) is 6.61 Å². The molecule has 2 heteroatoms. The molecule has 0 saturated heterocycles. The summed E-state index contributed by atoms with van der Waals surface area (Å²) in [4.78, 5) is 0. The van der Waals surface area contributed by atoms with Gasteiger partial charge in [0.15, 0.2) is 0 Å². The van der Waals surface area contributed by atoms with Crippen molar-refractivity contribution in [2.45, 2.75) is 39.7 Å².